The molecule has 0 unspecified atom stereocenters. The smallest absolute Gasteiger partial charge is 0.187 e. The monoisotopic (exact) mass is 265 g/mol. The van der Waals surface area contributed by atoms with Crippen LogP contribution < -0.4 is 15.5 Å². The van der Waals surface area contributed by atoms with E-state index in [1.165, 1.54) is 0 Å². The van der Waals surface area contributed by atoms with E-state index in [1.807, 2.05) is 45.0 Å². The minimum absolute atomic E-state index is 0.293. The number of nitrogens with one attached hydrogen (secondary N) is 2. The van der Waals surface area contributed by atoms with Gasteiger partial charge < -0.3 is 10.1 Å². The molecule has 0 atom stereocenters. The van der Waals surface area contributed by atoms with Gasteiger partial charge in [0.1, 0.15) is 5.75 Å². The molecule has 18 heavy (non-hydrogen) atoms. The van der Waals surface area contributed by atoms with E-state index in [0.29, 0.717) is 11.2 Å². The minimum Gasteiger partial charge on any atom is -0.497 e. The van der Waals surface area contributed by atoms with Crippen LogP contribution in [0.25, 0.3) is 0 Å². The average molecular weight is 265 g/mol. The van der Waals surface area contributed by atoms with Crippen molar-refractivity contribution >= 4 is 23.0 Å². The van der Waals surface area contributed by atoms with E-state index in [2.05, 4.69) is 15.8 Å². The molecular formula is C13H19N3OS. The molecule has 1 rings (SSSR count). The molecule has 0 aromatic heterocycles. The molecule has 0 radical (unpaired) electrons. The van der Waals surface area contributed by atoms with E-state index in [1.54, 1.807) is 7.11 Å². The maximum Gasteiger partial charge on any atom is 0.187 e. The van der Waals surface area contributed by atoms with E-state index in [4.69, 9.17) is 17.0 Å². The molecule has 0 amide bonds. The van der Waals surface area contributed by atoms with Gasteiger partial charge in [-0.2, -0.15) is 5.10 Å². The summed E-state index contributed by atoms with van der Waals surface area (Å²) in [5.41, 5.74) is 4.71. The van der Waals surface area contributed by atoms with Gasteiger partial charge in [-0.15, -0.1) is 0 Å². The Labute approximate surface area is 113 Å². The van der Waals surface area contributed by atoms with Crippen molar-refractivity contribution in [3.63, 3.8) is 0 Å². The van der Waals surface area contributed by atoms with E-state index in [-0.39, 0.29) is 0 Å². The molecule has 0 aliphatic rings. The molecule has 0 aliphatic heterocycles. The van der Waals surface area contributed by atoms with Crippen LogP contribution in [0.1, 0.15) is 26.3 Å². The van der Waals surface area contributed by atoms with Crippen LogP contribution in [0.5, 0.6) is 5.75 Å². The number of ether oxygens (including phenoxy) is 1. The number of methoxy groups -OCH3 is 1. The summed E-state index contributed by atoms with van der Waals surface area (Å²) >= 11 is 5.09. The zero-order valence-corrected chi connectivity index (χ0v) is 12.0. The molecule has 5 heteroatoms. The van der Waals surface area contributed by atoms with Crippen molar-refractivity contribution in [3.05, 3.63) is 29.8 Å². The van der Waals surface area contributed by atoms with Gasteiger partial charge >= 0.3 is 0 Å². The summed E-state index contributed by atoms with van der Waals surface area (Å²) in [5, 5.41) is 7.81. The van der Waals surface area contributed by atoms with Crippen molar-refractivity contribution in [1.82, 2.24) is 10.7 Å². The van der Waals surface area contributed by atoms with Gasteiger partial charge in [-0.25, -0.2) is 0 Å². The van der Waals surface area contributed by atoms with Crippen LogP contribution in [0.2, 0.25) is 0 Å². The molecule has 1 aromatic carbocycles. The zero-order valence-electron chi connectivity index (χ0n) is 11.2. The Morgan fingerprint density at radius 2 is 1.89 bits per heavy atom. The molecule has 0 spiro atoms. The second-order valence-corrected chi connectivity index (χ2v) is 4.57. The summed E-state index contributed by atoms with van der Waals surface area (Å²) in [6.07, 6.45) is 0. The van der Waals surface area contributed by atoms with Crippen molar-refractivity contribution in [2.75, 3.05) is 7.11 Å². The highest BCUT2D eigenvalue weighted by Gasteiger charge is 2.00. The van der Waals surface area contributed by atoms with E-state index < -0.39 is 0 Å². The summed E-state index contributed by atoms with van der Waals surface area (Å²) in [7, 11) is 1.65. The first-order chi connectivity index (χ1) is 8.52. The van der Waals surface area contributed by atoms with E-state index >= 15 is 0 Å². The van der Waals surface area contributed by atoms with Crippen LogP contribution in [0.15, 0.2) is 29.4 Å². The lowest BCUT2D eigenvalue weighted by molar-refractivity contribution is 0.415. The van der Waals surface area contributed by atoms with Crippen LogP contribution >= 0.6 is 12.2 Å². The Morgan fingerprint density at radius 1 is 1.28 bits per heavy atom. The largest absolute Gasteiger partial charge is 0.497 e. The Balaban J connectivity index is 2.62. The highest BCUT2D eigenvalue weighted by molar-refractivity contribution is 7.80. The predicted octanol–water partition coefficient (Wildman–Crippen LogP) is 2.29. The second kappa shape index (κ2) is 6.96. The lowest BCUT2D eigenvalue weighted by atomic mass is 10.1. The van der Waals surface area contributed by atoms with Gasteiger partial charge in [0.2, 0.25) is 0 Å². The fraction of sp³-hybridized carbons (Fsp3) is 0.385. The van der Waals surface area contributed by atoms with Crippen molar-refractivity contribution < 1.29 is 4.74 Å². The molecule has 4 nitrogen and oxygen atoms in total. The first kappa shape index (κ1) is 14.4. The molecule has 0 aliphatic carbocycles. The number of benzene rings is 1. The maximum atomic E-state index is 5.10. The van der Waals surface area contributed by atoms with Crippen LogP contribution in [0, 0.1) is 0 Å². The van der Waals surface area contributed by atoms with E-state index in [9.17, 15) is 0 Å². The van der Waals surface area contributed by atoms with Crippen LogP contribution in [-0.4, -0.2) is 24.0 Å². The SMILES string of the molecule is COc1ccc(/C(C)=N\NC(=S)NC(C)C)cc1. The molecule has 0 saturated carbocycles. The Bertz CT molecular complexity index is 426. The molecule has 1 aromatic rings. The van der Waals surface area contributed by atoms with Crippen molar-refractivity contribution in [3.8, 4) is 5.75 Å². The summed E-state index contributed by atoms with van der Waals surface area (Å²) in [4.78, 5) is 0. The van der Waals surface area contributed by atoms with Gasteiger partial charge in [0.05, 0.1) is 12.8 Å². The number of hydrazone groups is 1. The van der Waals surface area contributed by atoms with Crippen molar-refractivity contribution in [1.29, 1.82) is 0 Å². The minimum atomic E-state index is 0.293. The predicted molar refractivity (Wildman–Crippen MR) is 79.2 cm³/mol. The Morgan fingerprint density at radius 3 is 2.39 bits per heavy atom. The maximum absolute atomic E-state index is 5.10. The lowest BCUT2D eigenvalue weighted by Gasteiger charge is -2.10. The fourth-order valence-corrected chi connectivity index (χ4v) is 1.61. The molecule has 0 fully saturated rings. The van der Waals surface area contributed by atoms with Gasteiger partial charge in [0.25, 0.3) is 0 Å². The summed E-state index contributed by atoms with van der Waals surface area (Å²) in [6.45, 7) is 5.97. The molecule has 0 bridgehead atoms. The topological polar surface area (TPSA) is 45.6 Å². The number of nitrogens with zero attached hydrogens (tertiary/aromatic N) is 1. The fourth-order valence-electron chi connectivity index (χ4n) is 1.33. The standard InChI is InChI=1S/C13H19N3OS/c1-9(2)14-13(18)16-15-10(3)11-5-7-12(17-4)8-6-11/h5-9H,1-4H3,(H2,14,16,18)/b15-10-. The summed E-state index contributed by atoms with van der Waals surface area (Å²) in [5.74, 6) is 0.830. The van der Waals surface area contributed by atoms with Crippen LogP contribution in [-0.2, 0) is 0 Å². The lowest BCUT2D eigenvalue weighted by Crippen LogP contribution is -2.37. The first-order valence-electron chi connectivity index (χ1n) is 5.78. The number of hydrogen-bond acceptors (Lipinski definition) is 3. The number of hydrogen-bond donors (Lipinski definition) is 2. The quantitative estimate of drug-likeness (QED) is 0.498. The molecule has 0 heterocycles. The molecular weight excluding hydrogens is 246 g/mol. The molecule has 0 saturated heterocycles. The normalized spacial score (nSPS) is 11.3. The van der Waals surface area contributed by atoms with E-state index in [0.717, 1.165) is 17.0 Å². The Hall–Kier alpha value is -1.62. The highest BCUT2D eigenvalue weighted by Crippen LogP contribution is 2.11. The van der Waals surface area contributed by atoms with Crippen molar-refractivity contribution in [2.24, 2.45) is 5.10 Å². The zero-order chi connectivity index (χ0) is 13.5. The first-order valence-corrected chi connectivity index (χ1v) is 6.19. The van der Waals surface area contributed by atoms with Gasteiger partial charge in [0, 0.05) is 6.04 Å². The third-order valence-electron chi connectivity index (χ3n) is 2.25. The number of thiocarbonyl (C=S) groups is 1. The average Bonchev–Trinajstić information content (AvgIpc) is 2.35. The highest BCUT2D eigenvalue weighted by atomic mass is 32.1. The van der Waals surface area contributed by atoms with Gasteiger partial charge in [0.15, 0.2) is 5.11 Å². The van der Waals surface area contributed by atoms with Crippen molar-refractivity contribution in [2.45, 2.75) is 26.8 Å². The van der Waals surface area contributed by atoms with Gasteiger partial charge in [-0.3, -0.25) is 5.43 Å². The Kier molecular flexibility index (Phi) is 5.58. The second-order valence-electron chi connectivity index (χ2n) is 4.17. The summed E-state index contributed by atoms with van der Waals surface area (Å²) < 4.78 is 5.10. The number of rotatable bonds is 4. The third kappa shape index (κ3) is 4.71. The van der Waals surface area contributed by atoms with Gasteiger partial charge in [-0.1, -0.05) is 0 Å². The third-order valence-corrected chi connectivity index (χ3v) is 2.46. The molecule has 98 valence electrons. The summed E-state index contributed by atoms with van der Waals surface area (Å²) in [6, 6.07) is 8.01. The van der Waals surface area contributed by atoms with Crippen LogP contribution in [0.3, 0.4) is 0 Å². The van der Waals surface area contributed by atoms with Gasteiger partial charge in [-0.05, 0) is 62.8 Å². The molecule has 2 N–H and O–H groups in total. The van der Waals surface area contributed by atoms with Crippen LogP contribution in [0.4, 0.5) is 0 Å².